The van der Waals surface area contributed by atoms with Gasteiger partial charge in [0.15, 0.2) is 0 Å². The molecule has 0 aliphatic carbocycles. The maximum atomic E-state index is 13.4. The summed E-state index contributed by atoms with van der Waals surface area (Å²) in [5.74, 6) is 0.0335. The Labute approximate surface area is 259 Å². The van der Waals surface area contributed by atoms with Crippen LogP contribution in [0.4, 0.5) is 11.4 Å². The molecule has 0 spiro atoms. The number of unbranched alkanes of at least 4 members (excludes halogenated alkanes) is 2. The number of benzene rings is 4. The highest BCUT2D eigenvalue weighted by atomic mass is 16.5. The van der Waals surface area contributed by atoms with Crippen LogP contribution in [0.15, 0.2) is 91.0 Å². The van der Waals surface area contributed by atoms with E-state index < -0.39 is 0 Å². The molecule has 4 aromatic carbocycles. The highest BCUT2D eigenvalue weighted by molar-refractivity contribution is 6.09. The van der Waals surface area contributed by atoms with E-state index in [2.05, 4.69) is 5.32 Å². The summed E-state index contributed by atoms with van der Waals surface area (Å²) in [6, 6.07) is 28.2. The van der Waals surface area contributed by atoms with Gasteiger partial charge in [0.1, 0.15) is 5.75 Å². The average Bonchev–Trinajstić information content (AvgIpc) is 3.03. The van der Waals surface area contributed by atoms with Gasteiger partial charge in [0, 0.05) is 30.3 Å². The monoisotopic (exact) mass is 592 g/mol. The second-order valence-corrected chi connectivity index (χ2v) is 10.7. The van der Waals surface area contributed by atoms with Gasteiger partial charge in [-0.05, 0) is 99.2 Å². The van der Waals surface area contributed by atoms with E-state index in [4.69, 9.17) is 9.47 Å². The summed E-state index contributed by atoms with van der Waals surface area (Å²) in [6.07, 6.45) is 2.78. The van der Waals surface area contributed by atoms with Crippen LogP contribution < -0.4 is 15.0 Å². The van der Waals surface area contributed by atoms with E-state index in [9.17, 15) is 14.4 Å². The first-order chi connectivity index (χ1) is 21.3. The lowest BCUT2D eigenvalue weighted by molar-refractivity contribution is -0.143. The van der Waals surface area contributed by atoms with E-state index in [0.29, 0.717) is 47.9 Å². The Morgan fingerprint density at radius 3 is 2.23 bits per heavy atom. The molecule has 0 radical (unpaired) electrons. The fraction of sp³-hybridized carbons (Fsp3) is 0.270. The van der Waals surface area contributed by atoms with Gasteiger partial charge in [0.25, 0.3) is 11.8 Å². The first-order valence-electron chi connectivity index (χ1n) is 15.0. The largest absolute Gasteiger partial charge is 0.491 e. The van der Waals surface area contributed by atoms with Gasteiger partial charge in [-0.25, -0.2) is 0 Å². The lowest BCUT2D eigenvalue weighted by atomic mass is 9.98. The summed E-state index contributed by atoms with van der Waals surface area (Å²) < 4.78 is 11.0. The maximum Gasteiger partial charge on any atom is 0.305 e. The number of esters is 1. The van der Waals surface area contributed by atoms with Crippen LogP contribution in [0.5, 0.6) is 5.75 Å². The van der Waals surface area contributed by atoms with Crippen molar-refractivity contribution < 1.29 is 23.9 Å². The molecular formula is C37H40N2O5. The van der Waals surface area contributed by atoms with Crippen LogP contribution in [0.3, 0.4) is 0 Å². The number of amides is 2. The van der Waals surface area contributed by atoms with Crippen molar-refractivity contribution in [2.75, 3.05) is 30.5 Å². The van der Waals surface area contributed by atoms with Crippen LogP contribution in [0.2, 0.25) is 0 Å². The molecule has 7 heteroatoms. The number of nitrogens with one attached hydrogen (secondary N) is 1. The molecule has 0 saturated carbocycles. The second-order valence-electron chi connectivity index (χ2n) is 10.7. The Hall–Kier alpha value is -4.91. The molecule has 7 nitrogen and oxygen atoms in total. The lowest BCUT2D eigenvalue weighted by Gasteiger charge is -2.21. The second kappa shape index (κ2) is 15.5. The topological polar surface area (TPSA) is 84.9 Å². The van der Waals surface area contributed by atoms with Crippen LogP contribution >= 0.6 is 0 Å². The van der Waals surface area contributed by atoms with Gasteiger partial charge in [-0.2, -0.15) is 0 Å². The number of carbonyl (C=O) groups excluding carboxylic acids is 3. The summed E-state index contributed by atoms with van der Waals surface area (Å²) in [5.41, 5.74) is 6.31. The van der Waals surface area contributed by atoms with Crippen molar-refractivity contribution in [3.8, 4) is 16.9 Å². The third kappa shape index (κ3) is 8.57. The van der Waals surface area contributed by atoms with Gasteiger partial charge < -0.3 is 19.7 Å². The van der Waals surface area contributed by atoms with Gasteiger partial charge in [-0.15, -0.1) is 0 Å². The molecule has 0 saturated heterocycles. The Balaban J connectivity index is 1.38. The Morgan fingerprint density at radius 2 is 1.50 bits per heavy atom. The highest BCUT2D eigenvalue weighted by Gasteiger charge is 2.18. The Kier molecular flexibility index (Phi) is 11.3. The third-order valence-electron chi connectivity index (χ3n) is 7.29. The van der Waals surface area contributed by atoms with E-state index >= 15 is 0 Å². The summed E-state index contributed by atoms with van der Waals surface area (Å²) in [6.45, 7) is 6.68. The SMILES string of the molecule is CCOC(=O)CCCCCOc1cc(C)ccc1N(C)C(=O)c1ccc(NC(=O)c2ccccc2-c2ccc(C)cc2)cc1. The predicted molar refractivity (Wildman–Crippen MR) is 176 cm³/mol. The molecule has 4 rings (SSSR count). The van der Waals surface area contributed by atoms with Crippen LogP contribution in [0.1, 0.15) is 64.4 Å². The van der Waals surface area contributed by atoms with Gasteiger partial charge in [0.05, 0.1) is 18.9 Å². The molecule has 44 heavy (non-hydrogen) atoms. The van der Waals surface area contributed by atoms with Gasteiger partial charge >= 0.3 is 5.97 Å². The van der Waals surface area contributed by atoms with E-state index in [1.54, 1.807) is 43.1 Å². The fourth-order valence-corrected chi connectivity index (χ4v) is 4.84. The molecule has 2 amide bonds. The van der Waals surface area contributed by atoms with Crippen molar-refractivity contribution in [3.63, 3.8) is 0 Å². The third-order valence-corrected chi connectivity index (χ3v) is 7.29. The molecule has 228 valence electrons. The fourth-order valence-electron chi connectivity index (χ4n) is 4.84. The summed E-state index contributed by atoms with van der Waals surface area (Å²) in [5, 5.41) is 2.96. The Bertz CT molecular complexity index is 1580. The molecule has 0 aliphatic rings. The van der Waals surface area contributed by atoms with Gasteiger partial charge in [-0.1, -0.05) is 54.1 Å². The molecular weight excluding hydrogens is 552 g/mol. The Morgan fingerprint density at radius 1 is 0.795 bits per heavy atom. The van der Waals surface area contributed by atoms with Gasteiger partial charge in [0.2, 0.25) is 0 Å². The maximum absolute atomic E-state index is 13.4. The van der Waals surface area contributed by atoms with Crippen molar-refractivity contribution in [2.24, 2.45) is 0 Å². The number of carbonyl (C=O) groups is 3. The normalized spacial score (nSPS) is 10.6. The first kappa shape index (κ1) is 32.0. The smallest absolute Gasteiger partial charge is 0.305 e. The quantitative estimate of drug-likeness (QED) is 0.126. The van der Waals surface area contributed by atoms with Crippen molar-refractivity contribution in [2.45, 2.75) is 46.5 Å². The zero-order valence-corrected chi connectivity index (χ0v) is 25.9. The van der Waals surface area contributed by atoms with E-state index in [1.165, 1.54) is 0 Å². The van der Waals surface area contributed by atoms with Crippen molar-refractivity contribution >= 4 is 29.2 Å². The number of ether oxygens (including phenoxy) is 2. The summed E-state index contributed by atoms with van der Waals surface area (Å²) in [4.78, 5) is 39.8. The number of aryl methyl sites for hydroxylation is 2. The molecule has 0 bridgehead atoms. The number of nitrogens with zero attached hydrogens (tertiary/aromatic N) is 1. The number of rotatable bonds is 13. The van der Waals surface area contributed by atoms with Crippen LogP contribution in [0.25, 0.3) is 11.1 Å². The molecule has 0 heterocycles. The lowest BCUT2D eigenvalue weighted by Crippen LogP contribution is -2.27. The molecule has 0 aliphatic heterocycles. The molecule has 4 aromatic rings. The van der Waals surface area contributed by atoms with Crippen molar-refractivity contribution in [1.82, 2.24) is 0 Å². The average molecular weight is 593 g/mol. The zero-order valence-electron chi connectivity index (χ0n) is 25.9. The highest BCUT2D eigenvalue weighted by Crippen LogP contribution is 2.31. The van der Waals surface area contributed by atoms with Crippen molar-refractivity contribution in [3.05, 3.63) is 113 Å². The zero-order chi connectivity index (χ0) is 31.5. The molecule has 0 fully saturated rings. The minimum Gasteiger partial charge on any atom is -0.491 e. The van der Waals surface area contributed by atoms with Gasteiger partial charge in [-0.3, -0.25) is 14.4 Å². The summed E-state index contributed by atoms with van der Waals surface area (Å²) >= 11 is 0. The van der Waals surface area contributed by atoms with Crippen LogP contribution in [-0.4, -0.2) is 38.0 Å². The molecule has 1 N–H and O–H groups in total. The molecule has 0 unspecified atom stereocenters. The standard InChI is InChI=1S/C37H40N2O5/c1-5-43-35(40)13-7-6-10-24-44-34-25-27(3)16-23-33(34)39(4)37(42)29-19-21-30(22-20-29)38-36(41)32-12-9-8-11-31(32)28-17-14-26(2)15-18-28/h8-9,11-12,14-23,25H,5-7,10,13,24H2,1-4H3,(H,38,41). The number of hydrogen-bond acceptors (Lipinski definition) is 5. The van der Waals surface area contributed by atoms with Crippen LogP contribution in [0, 0.1) is 13.8 Å². The predicted octanol–water partition coefficient (Wildman–Crippen LogP) is 8.00. The number of anilines is 2. The summed E-state index contributed by atoms with van der Waals surface area (Å²) in [7, 11) is 1.72. The van der Waals surface area contributed by atoms with Crippen molar-refractivity contribution in [1.29, 1.82) is 0 Å². The number of hydrogen-bond donors (Lipinski definition) is 1. The minimum absolute atomic E-state index is 0.173. The van der Waals surface area contributed by atoms with Crippen LogP contribution in [-0.2, 0) is 9.53 Å². The van der Waals surface area contributed by atoms with E-state index in [1.807, 2.05) is 80.6 Å². The minimum atomic E-state index is -0.222. The molecule has 0 aromatic heterocycles. The van der Waals surface area contributed by atoms with E-state index in [-0.39, 0.29) is 17.8 Å². The first-order valence-corrected chi connectivity index (χ1v) is 15.0. The van der Waals surface area contributed by atoms with E-state index in [0.717, 1.165) is 41.5 Å². The molecule has 0 atom stereocenters.